The highest BCUT2D eigenvalue weighted by molar-refractivity contribution is 6.06. The van der Waals surface area contributed by atoms with Crippen molar-refractivity contribution < 1.29 is 9.59 Å². The molecule has 0 saturated heterocycles. The van der Waals surface area contributed by atoms with Crippen LogP contribution < -0.4 is 10.6 Å². The monoisotopic (exact) mass is 331 g/mol. The van der Waals surface area contributed by atoms with E-state index in [1.807, 2.05) is 25.1 Å². The van der Waals surface area contributed by atoms with E-state index in [0.29, 0.717) is 22.6 Å². The van der Waals surface area contributed by atoms with E-state index in [4.69, 9.17) is 0 Å². The Bertz CT molecular complexity index is 893. The van der Waals surface area contributed by atoms with Crippen molar-refractivity contribution in [3.8, 4) is 0 Å². The average Bonchev–Trinajstić information content (AvgIpc) is 2.63. The second-order valence-corrected chi connectivity index (χ2v) is 5.52. The minimum Gasteiger partial charge on any atom is -0.322 e. The normalized spacial score (nSPS) is 10.1. The molecular formula is C20H17N3O2. The van der Waals surface area contributed by atoms with Crippen molar-refractivity contribution in [3.05, 3.63) is 89.6 Å². The number of nitrogens with zero attached hydrogens (tertiary/aromatic N) is 1. The second kappa shape index (κ2) is 7.40. The van der Waals surface area contributed by atoms with Crippen LogP contribution in [0, 0.1) is 6.92 Å². The maximum absolute atomic E-state index is 12.4. The molecule has 0 fully saturated rings. The first-order chi connectivity index (χ1) is 12.1. The maximum Gasteiger partial charge on any atom is 0.257 e. The number of benzene rings is 2. The number of rotatable bonds is 4. The molecule has 0 aliphatic heterocycles. The molecule has 3 aromatic rings. The molecule has 0 saturated carbocycles. The zero-order valence-corrected chi connectivity index (χ0v) is 13.7. The molecule has 0 unspecified atom stereocenters. The van der Waals surface area contributed by atoms with Gasteiger partial charge in [0.25, 0.3) is 11.8 Å². The fourth-order valence-corrected chi connectivity index (χ4v) is 2.41. The molecule has 5 nitrogen and oxygen atoms in total. The van der Waals surface area contributed by atoms with Crippen molar-refractivity contribution in [1.29, 1.82) is 0 Å². The van der Waals surface area contributed by atoms with Gasteiger partial charge in [0, 0.05) is 23.0 Å². The van der Waals surface area contributed by atoms with E-state index in [1.54, 1.807) is 54.7 Å². The van der Waals surface area contributed by atoms with Crippen molar-refractivity contribution in [1.82, 2.24) is 4.98 Å². The molecule has 2 aromatic carbocycles. The minimum atomic E-state index is -0.239. The Hall–Kier alpha value is -3.47. The molecule has 0 atom stereocenters. The van der Waals surface area contributed by atoms with Crippen molar-refractivity contribution in [2.75, 3.05) is 10.6 Å². The number of nitrogens with one attached hydrogen (secondary N) is 2. The summed E-state index contributed by atoms with van der Waals surface area (Å²) in [6.45, 7) is 1.82. The Kier molecular flexibility index (Phi) is 4.85. The third-order valence-electron chi connectivity index (χ3n) is 3.67. The SMILES string of the molecule is Cc1cc(NC(=O)c2ccccc2)ccc1C(=O)Nc1ccccn1. The number of hydrogen-bond acceptors (Lipinski definition) is 3. The van der Waals surface area contributed by atoms with Gasteiger partial charge in [-0.1, -0.05) is 24.3 Å². The average molecular weight is 331 g/mol. The highest BCUT2D eigenvalue weighted by Gasteiger charge is 2.12. The lowest BCUT2D eigenvalue weighted by atomic mass is 10.1. The van der Waals surface area contributed by atoms with Gasteiger partial charge < -0.3 is 10.6 Å². The Labute approximate surface area is 145 Å². The molecule has 5 heteroatoms. The van der Waals surface area contributed by atoms with Crippen LogP contribution in [0.3, 0.4) is 0 Å². The van der Waals surface area contributed by atoms with Crippen molar-refractivity contribution in [2.24, 2.45) is 0 Å². The van der Waals surface area contributed by atoms with Crippen molar-refractivity contribution in [3.63, 3.8) is 0 Å². The molecule has 0 spiro atoms. The first-order valence-electron chi connectivity index (χ1n) is 7.83. The fourth-order valence-electron chi connectivity index (χ4n) is 2.41. The predicted molar refractivity (Wildman–Crippen MR) is 97.8 cm³/mol. The molecule has 0 aliphatic rings. The standard InChI is InChI=1S/C20H17N3O2/c1-14-13-16(22-19(24)15-7-3-2-4-8-15)10-11-17(14)20(25)23-18-9-5-6-12-21-18/h2-13H,1H3,(H,22,24)(H,21,23,25). The number of amides is 2. The van der Waals surface area contributed by atoms with Gasteiger partial charge in [0.15, 0.2) is 0 Å². The van der Waals surface area contributed by atoms with E-state index in [1.165, 1.54) is 0 Å². The summed E-state index contributed by atoms with van der Waals surface area (Å²) in [5.41, 5.74) is 2.51. The van der Waals surface area contributed by atoms with E-state index >= 15 is 0 Å². The molecule has 3 rings (SSSR count). The summed E-state index contributed by atoms with van der Waals surface area (Å²) >= 11 is 0. The first kappa shape index (κ1) is 16.4. The summed E-state index contributed by atoms with van der Waals surface area (Å²) in [5.74, 6) is 0.0659. The number of aromatic nitrogens is 1. The molecule has 25 heavy (non-hydrogen) atoms. The quantitative estimate of drug-likeness (QED) is 0.762. The first-order valence-corrected chi connectivity index (χ1v) is 7.83. The minimum absolute atomic E-state index is 0.189. The van der Waals surface area contributed by atoms with Crippen LogP contribution in [-0.4, -0.2) is 16.8 Å². The van der Waals surface area contributed by atoms with Crippen LogP contribution in [0.4, 0.5) is 11.5 Å². The maximum atomic E-state index is 12.4. The largest absolute Gasteiger partial charge is 0.322 e. The van der Waals surface area contributed by atoms with E-state index < -0.39 is 0 Å². The highest BCUT2D eigenvalue weighted by atomic mass is 16.2. The Morgan fingerprint density at radius 1 is 0.840 bits per heavy atom. The molecule has 124 valence electrons. The molecule has 0 aliphatic carbocycles. The number of carbonyl (C=O) groups excluding carboxylic acids is 2. The molecule has 0 bridgehead atoms. The molecular weight excluding hydrogens is 314 g/mol. The summed E-state index contributed by atoms with van der Waals surface area (Å²) in [4.78, 5) is 28.6. The van der Waals surface area contributed by atoms with Crippen molar-refractivity contribution >= 4 is 23.3 Å². The van der Waals surface area contributed by atoms with E-state index in [-0.39, 0.29) is 11.8 Å². The van der Waals surface area contributed by atoms with Gasteiger partial charge >= 0.3 is 0 Å². The molecule has 1 aromatic heterocycles. The lowest BCUT2D eigenvalue weighted by Crippen LogP contribution is -2.15. The second-order valence-electron chi connectivity index (χ2n) is 5.52. The molecule has 2 amide bonds. The molecule has 1 heterocycles. The third kappa shape index (κ3) is 4.09. The van der Waals surface area contributed by atoms with Crippen LogP contribution in [0.1, 0.15) is 26.3 Å². The molecule has 2 N–H and O–H groups in total. The van der Waals surface area contributed by atoms with Crippen LogP contribution in [-0.2, 0) is 0 Å². The van der Waals surface area contributed by atoms with Crippen LogP contribution in [0.25, 0.3) is 0 Å². The Morgan fingerprint density at radius 3 is 2.28 bits per heavy atom. The van der Waals surface area contributed by atoms with Gasteiger partial charge in [-0.15, -0.1) is 0 Å². The van der Waals surface area contributed by atoms with Crippen LogP contribution >= 0.6 is 0 Å². The topological polar surface area (TPSA) is 71.1 Å². The fraction of sp³-hybridized carbons (Fsp3) is 0.0500. The van der Waals surface area contributed by atoms with Gasteiger partial charge in [0.1, 0.15) is 5.82 Å². The van der Waals surface area contributed by atoms with E-state index in [9.17, 15) is 9.59 Å². The number of anilines is 2. The summed E-state index contributed by atoms with van der Waals surface area (Å²) < 4.78 is 0. The lowest BCUT2D eigenvalue weighted by Gasteiger charge is -2.10. The number of carbonyl (C=O) groups is 2. The van der Waals surface area contributed by atoms with Gasteiger partial charge in [-0.3, -0.25) is 9.59 Å². The van der Waals surface area contributed by atoms with Gasteiger partial charge in [0.2, 0.25) is 0 Å². The Balaban J connectivity index is 1.72. The Morgan fingerprint density at radius 2 is 1.60 bits per heavy atom. The highest BCUT2D eigenvalue weighted by Crippen LogP contribution is 2.17. The third-order valence-corrected chi connectivity index (χ3v) is 3.67. The van der Waals surface area contributed by atoms with Gasteiger partial charge in [-0.05, 0) is 55.0 Å². The summed E-state index contributed by atoms with van der Waals surface area (Å²) in [6, 6.07) is 19.5. The van der Waals surface area contributed by atoms with Crippen LogP contribution in [0.5, 0.6) is 0 Å². The zero-order chi connectivity index (χ0) is 17.6. The number of aryl methyl sites for hydroxylation is 1. The van der Waals surface area contributed by atoms with Crippen LogP contribution in [0.15, 0.2) is 72.9 Å². The van der Waals surface area contributed by atoms with E-state index in [0.717, 1.165) is 5.56 Å². The summed E-state index contributed by atoms with van der Waals surface area (Å²) in [5, 5.41) is 5.58. The lowest BCUT2D eigenvalue weighted by molar-refractivity contribution is 0.101. The summed E-state index contributed by atoms with van der Waals surface area (Å²) in [7, 11) is 0. The molecule has 0 radical (unpaired) electrons. The summed E-state index contributed by atoms with van der Waals surface area (Å²) in [6.07, 6.45) is 1.62. The zero-order valence-electron chi connectivity index (χ0n) is 13.7. The van der Waals surface area contributed by atoms with Gasteiger partial charge in [-0.2, -0.15) is 0 Å². The van der Waals surface area contributed by atoms with E-state index in [2.05, 4.69) is 15.6 Å². The number of pyridine rings is 1. The smallest absolute Gasteiger partial charge is 0.257 e. The number of hydrogen-bond donors (Lipinski definition) is 2. The van der Waals surface area contributed by atoms with Gasteiger partial charge in [-0.25, -0.2) is 4.98 Å². The predicted octanol–water partition coefficient (Wildman–Crippen LogP) is 3.89. The van der Waals surface area contributed by atoms with Gasteiger partial charge in [0.05, 0.1) is 0 Å². The van der Waals surface area contributed by atoms with Crippen molar-refractivity contribution in [2.45, 2.75) is 6.92 Å². The van der Waals surface area contributed by atoms with Crippen LogP contribution in [0.2, 0.25) is 0 Å².